The van der Waals surface area contributed by atoms with Gasteiger partial charge in [-0.15, -0.1) is 11.8 Å². The molecule has 0 unspecified atom stereocenters. The molecule has 0 aliphatic carbocycles. The van der Waals surface area contributed by atoms with Crippen molar-refractivity contribution in [3.8, 4) is 11.3 Å². The van der Waals surface area contributed by atoms with E-state index in [0.717, 1.165) is 38.8 Å². The van der Waals surface area contributed by atoms with Gasteiger partial charge in [-0.2, -0.15) is 4.37 Å². The average molecular weight is 375 g/mol. The number of halogens is 1. The maximum atomic E-state index is 13.1. The summed E-state index contributed by atoms with van der Waals surface area (Å²) < 4.78 is 18.7. The first-order valence-corrected chi connectivity index (χ1v) is 10.3. The number of rotatable bonds is 5. The van der Waals surface area contributed by atoms with Crippen LogP contribution in [0, 0.1) is 5.82 Å². The van der Waals surface area contributed by atoms with Crippen LogP contribution in [-0.2, 0) is 0 Å². The van der Waals surface area contributed by atoms with Gasteiger partial charge in [0, 0.05) is 17.9 Å². The first kappa shape index (κ1) is 16.9. The molecule has 0 amide bonds. The van der Waals surface area contributed by atoms with Gasteiger partial charge in [0.2, 0.25) is 0 Å². The van der Waals surface area contributed by atoms with E-state index in [9.17, 15) is 4.39 Å². The number of hydrogen-bond acceptors (Lipinski definition) is 6. The van der Waals surface area contributed by atoms with E-state index >= 15 is 0 Å². The van der Waals surface area contributed by atoms with Crippen LogP contribution in [0.3, 0.4) is 0 Å². The lowest BCUT2D eigenvalue weighted by atomic mass is 10.1. The Morgan fingerprint density at radius 3 is 2.68 bits per heavy atom. The summed E-state index contributed by atoms with van der Waals surface area (Å²) in [6, 6.07) is 6.40. The Labute approximate surface area is 154 Å². The van der Waals surface area contributed by atoms with E-state index in [1.54, 1.807) is 30.2 Å². The lowest BCUT2D eigenvalue weighted by molar-refractivity contribution is 0.242. The third kappa shape index (κ3) is 3.83. The van der Waals surface area contributed by atoms with Gasteiger partial charge in [-0.05, 0) is 61.7 Å². The number of benzene rings is 1. The van der Waals surface area contributed by atoms with E-state index in [1.165, 1.54) is 56.0 Å². The highest BCUT2D eigenvalue weighted by Crippen LogP contribution is 2.34. The highest BCUT2D eigenvalue weighted by Gasteiger charge is 2.15. The Morgan fingerprint density at radius 1 is 1.08 bits per heavy atom. The van der Waals surface area contributed by atoms with Gasteiger partial charge < -0.3 is 4.90 Å². The van der Waals surface area contributed by atoms with Crippen molar-refractivity contribution in [2.75, 3.05) is 25.4 Å². The summed E-state index contributed by atoms with van der Waals surface area (Å²) in [5.74, 6) is 0.780. The molecule has 0 spiro atoms. The average Bonchev–Trinajstić information content (AvgIpc) is 3.08. The molecule has 0 atom stereocenters. The van der Waals surface area contributed by atoms with Crippen molar-refractivity contribution in [3.05, 3.63) is 36.4 Å². The fourth-order valence-electron chi connectivity index (χ4n) is 3.10. The van der Waals surface area contributed by atoms with Crippen molar-refractivity contribution in [1.29, 1.82) is 0 Å². The second kappa shape index (κ2) is 7.76. The maximum Gasteiger partial charge on any atom is 0.123 e. The normalized spacial score (nSPS) is 15.7. The van der Waals surface area contributed by atoms with Gasteiger partial charge in [0.25, 0.3) is 0 Å². The molecule has 3 heterocycles. The first-order valence-electron chi connectivity index (χ1n) is 8.53. The molecule has 0 bridgehead atoms. The standard InChI is InChI=1S/C18H19FN4S2/c19-14-6-4-13(5-7-14)15-16-17(25-22-15)18(21-12-20-16)24-11-10-23-8-2-1-3-9-23/h4-7,12H,1-3,8-11H2. The molecule has 130 valence electrons. The molecular weight excluding hydrogens is 355 g/mol. The molecule has 4 nitrogen and oxygen atoms in total. The maximum absolute atomic E-state index is 13.1. The van der Waals surface area contributed by atoms with E-state index in [-0.39, 0.29) is 5.82 Å². The van der Waals surface area contributed by atoms with Crippen LogP contribution in [0.25, 0.3) is 21.5 Å². The van der Waals surface area contributed by atoms with Crippen LogP contribution in [0.5, 0.6) is 0 Å². The number of piperidine rings is 1. The molecule has 1 aliphatic heterocycles. The van der Waals surface area contributed by atoms with Crippen LogP contribution in [0.1, 0.15) is 19.3 Å². The molecule has 1 aromatic carbocycles. The van der Waals surface area contributed by atoms with Crippen LogP contribution >= 0.6 is 23.3 Å². The van der Waals surface area contributed by atoms with Crippen molar-refractivity contribution in [1.82, 2.24) is 19.2 Å². The number of nitrogens with zero attached hydrogens (tertiary/aromatic N) is 4. The molecular formula is C18H19FN4S2. The molecule has 0 radical (unpaired) electrons. The molecule has 1 aliphatic rings. The minimum atomic E-state index is -0.244. The summed E-state index contributed by atoms with van der Waals surface area (Å²) in [5, 5.41) is 0.993. The summed E-state index contributed by atoms with van der Waals surface area (Å²) >= 11 is 3.19. The Bertz CT molecular complexity index is 844. The molecule has 0 saturated carbocycles. The van der Waals surface area contributed by atoms with E-state index in [0.29, 0.717) is 0 Å². The van der Waals surface area contributed by atoms with Crippen LogP contribution in [0.15, 0.2) is 35.6 Å². The number of thioether (sulfide) groups is 1. The number of aromatic nitrogens is 3. The van der Waals surface area contributed by atoms with Crippen LogP contribution < -0.4 is 0 Å². The van der Waals surface area contributed by atoms with Crippen LogP contribution in [0.4, 0.5) is 4.39 Å². The minimum Gasteiger partial charge on any atom is -0.303 e. The zero-order valence-electron chi connectivity index (χ0n) is 13.8. The van der Waals surface area contributed by atoms with Crippen molar-refractivity contribution in [2.45, 2.75) is 24.3 Å². The van der Waals surface area contributed by atoms with Crippen molar-refractivity contribution in [3.63, 3.8) is 0 Å². The van der Waals surface area contributed by atoms with Crippen LogP contribution in [0.2, 0.25) is 0 Å². The van der Waals surface area contributed by atoms with Crippen molar-refractivity contribution in [2.24, 2.45) is 0 Å². The summed E-state index contributed by atoms with van der Waals surface area (Å²) in [4.78, 5) is 11.4. The molecule has 0 N–H and O–H groups in total. The highest BCUT2D eigenvalue weighted by atomic mass is 32.2. The summed E-state index contributed by atoms with van der Waals surface area (Å²) in [6.07, 6.45) is 5.60. The molecule has 1 saturated heterocycles. The number of fused-ring (bicyclic) bond motifs is 1. The van der Waals surface area contributed by atoms with Gasteiger partial charge >= 0.3 is 0 Å². The molecule has 3 aromatic rings. The Balaban J connectivity index is 1.51. The van der Waals surface area contributed by atoms with E-state index in [4.69, 9.17) is 0 Å². The Kier molecular flexibility index (Phi) is 5.24. The summed E-state index contributed by atoms with van der Waals surface area (Å²) in [7, 11) is 0. The third-order valence-corrected chi connectivity index (χ3v) is 6.38. The highest BCUT2D eigenvalue weighted by molar-refractivity contribution is 7.99. The van der Waals surface area contributed by atoms with Crippen molar-refractivity contribution >= 4 is 33.5 Å². The van der Waals surface area contributed by atoms with Gasteiger partial charge in [-0.25, -0.2) is 14.4 Å². The van der Waals surface area contributed by atoms with E-state index < -0.39 is 0 Å². The van der Waals surface area contributed by atoms with Gasteiger partial charge in [-0.1, -0.05) is 6.42 Å². The third-order valence-electron chi connectivity index (χ3n) is 4.44. The number of likely N-dealkylation sites (tertiary alicyclic amines) is 1. The molecule has 1 fully saturated rings. The SMILES string of the molecule is Fc1ccc(-c2nsc3c(SCCN4CCCCC4)ncnc23)cc1. The lowest BCUT2D eigenvalue weighted by Gasteiger charge is -2.25. The Hall–Kier alpha value is -1.57. The smallest absolute Gasteiger partial charge is 0.123 e. The topological polar surface area (TPSA) is 41.9 Å². The minimum absolute atomic E-state index is 0.244. The summed E-state index contributed by atoms with van der Waals surface area (Å²) in [6.45, 7) is 3.53. The predicted octanol–water partition coefficient (Wildman–Crippen LogP) is 4.47. The van der Waals surface area contributed by atoms with Crippen molar-refractivity contribution < 1.29 is 4.39 Å². The predicted molar refractivity (Wildman–Crippen MR) is 102 cm³/mol. The molecule has 4 rings (SSSR count). The largest absolute Gasteiger partial charge is 0.303 e. The van der Waals surface area contributed by atoms with E-state index in [1.807, 2.05) is 0 Å². The summed E-state index contributed by atoms with van der Waals surface area (Å²) in [5.41, 5.74) is 2.54. The zero-order valence-corrected chi connectivity index (χ0v) is 15.5. The number of hydrogen-bond donors (Lipinski definition) is 0. The van der Waals surface area contributed by atoms with Crippen LogP contribution in [-0.4, -0.2) is 44.6 Å². The molecule has 2 aromatic heterocycles. The molecule has 25 heavy (non-hydrogen) atoms. The zero-order chi connectivity index (χ0) is 17.1. The Morgan fingerprint density at radius 2 is 1.88 bits per heavy atom. The lowest BCUT2D eigenvalue weighted by Crippen LogP contribution is -2.31. The van der Waals surface area contributed by atoms with E-state index in [2.05, 4.69) is 19.2 Å². The van der Waals surface area contributed by atoms with Gasteiger partial charge in [0.1, 0.15) is 33.1 Å². The first-order chi connectivity index (χ1) is 12.3. The van der Waals surface area contributed by atoms with Gasteiger partial charge in [0.05, 0.1) is 0 Å². The fraction of sp³-hybridized carbons (Fsp3) is 0.389. The second-order valence-electron chi connectivity index (χ2n) is 6.15. The monoisotopic (exact) mass is 374 g/mol. The van der Waals surface area contributed by atoms with Gasteiger partial charge in [0.15, 0.2) is 0 Å². The van der Waals surface area contributed by atoms with Gasteiger partial charge in [-0.3, -0.25) is 0 Å². The molecule has 7 heteroatoms. The second-order valence-corrected chi connectivity index (χ2v) is 8.00. The quantitative estimate of drug-likeness (QED) is 0.487. The fourth-order valence-corrected chi connectivity index (χ4v) is 5.02.